The molecule has 120 valence electrons. The first kappa shape index (κ1) is 16.5. The minimum Gasteiger partial charge on any atom is -0.374 e. The largest absolute Gasteiger partial charge is 0.374 e. The summed E-state index contributed by atoms with van der Waals surface area (Å²) in [4.78, 5) is 0. The molecule has 0 aliphatic heterocycles. The lowest BCUT2D eigenvalue weighted by Gasteiger charge is -2.43. The third kappa shape index (κ3) is 3.86. The highest BCUT2D eigenvalue weighted by Gasteiger charge is 2.41. The molecule has 1 aliphatic rings. The molecule has 0 amide bonds. The van der Waals surface area contributed by atoms with Gasteiger partial charge in [0.1, 0.15) is 0 Å². The summed E-state index contributed by atoms with van der Waals surface area (Å²) in [7, 11) is 0. The molecule has 3 atom stereocenters. The molecule has 1 aromatic heterocycles. The molecule has 2 N–H and O–H groups in total. The zero-order valence-corrected chi connectivity index (χ0v) is 14.0. The van der Waals surface area contributed by atoms with Crippen LogP contribution in [0.3, 0.4) is 0 Å². The normalized spacial score (nSPS) is 28.0. The topological polar surface area (TPSA) is 53.1 Å². The van der Waals surface area contributed by atoms with E-state index in [0.717, 1.165) is 31.6 Å². The van der Waals surface area contributed by atoms with Crippen molar-refractivity contribution in [2.75, 3.05) is 6.61 Å². The second kappa shape index (κ2) is 6.93. The summed E-state index contributed by atoms with van der Waals surface area (Å²) in [6, 6.07) is 2.51. The molecule has 0 bridgehead atoms. The van der Waals surface area contributed by atoms with E-state index in [1.807, 2.05) is 10.9 Å². The van der Waals surface area contributed by atoms with Crippen molar-refractivity contribution < 1.29 is 4.74 Å². The average molecular weight is 293 g/mol. The van der Waals surface area contributed by atoms with E-state index >= 15 is 0 Å². The van der Waals surface area contributed by atoms with Gasteiger partial charge < -0.3 is 10.5 Å². The summed E-state index contributed by atoms with van der Waals surface area (Å²) in [6.07, 6.45) is 7.51. The van der Waals surface area contributed by atoms with Crippen molar-refractivity contribution >= 4 is 0 Å². The molecule has 1 aliphatic carbocycles. The van der Waals surface area contributed by atoms with Crippen molar-refractivity contribution in [3.05, 3.63) is 18.0 Å². The SMILES string of the molecule is CCOC1(C(N)Cc2ccn(C(C)C)n2)CCCC(C)C1. The van der Waals surface area contributed by atoms with Crippen LogP contribution in [0, 0.1) is 5.92 Å². The van der Waals surface area contributed by atoms with Gasteiger partial charge in [-0.15, -0.1) is 0 Å². The molecule has 1 heterocycles. The van der Waals surface area contributed by atoms with Gasteiger partial charge in [0.2, 0.25) is 0 Å². The molecule has 1 aromatic rings. The Morgan fingerprint density at radius 2 is 2.29 bits per heavy atom. The van der Waals surface area contributed by atoms with Crippen molar-refractivity contribution in [2.45, 2.75) is 77.5 Å². The van der Waals surface area contributed by atoms with Crippen molar-refractivity contribution in [1.29, 1.82) is 0 Å². The second-order valence-corrected chi connectivity index (χ2v) is 6.89. The van der Waals surface area contributed by atoms with Crippen LogP contribution in [0.2, 0.25) is 0 Å². The fraction of sp³-hybridized carbons (Fsp3) is 0.824. The highest BCUT2D eigenvalue weighted by molar-refractivity contribution is 5.07. The number of nitrogens with zero attached hydrogens (tertiary/aromatic N) is 2. The third-order valence-electron chi connectivity index (χ3n) is 4.72. The van der Waals surface area contributed by atoms with Gasteiger partial charge in [-0.1, -0.05) is 19.8 Å². The Morgan fingerprint density at radius 1 is 1.52 bits per heavy atom. The molecular formula is C17H31N3O. The number of rotatable bonds is 6. The van der Waals surface area contributed by atoms with E-state index in [0.29, 0.717) is 12.0 Å². The smallest absolute Gasteiger partial charge is 0.0838 e. The summed E-state index contributed by atoms with van der Waals surface area (Å²) in [5.41, 5.74) is 7.49. The predicted octanol–water partition coefficient (Wildman–Crippen LogP) is 3.32. The first-order valence-corrected chi connectivity index (χ1v) is 8.40. The summed E-state index contributed by atoms with van der Waals surface area (Å²) in [6.45, 7) is 9.40. The Hall–Kier alpha value is -0.870. The zero-order chi connectivity index (χ0) is 15.5. The molecule has 3 unspecified atom stereocenters. The fourth-order valence-corrected chi connectivity index (χ4v) is 3.59. The first-order valence-electron chi connectivity index (χ1n) is 8.40. The Labute approximate surface area is 129 Å². The maximum Gasteiger partial charge on any atom is 0.0838 e. The summed E-state index contributed by atoms with van der Waals surface area (Å²) >= 11 is 0. The summed E-state index contributed by atoms with van der Waals surface area (Å²) in [5.74, 6) is 0.699. The van der Waals surface area contributed by atoms with E-state index in [4.69, 9.17) is 10.5 Å². The lowest BCUT2D eigenvalue weighted by atomic mass is 9.73. The lowest BCUT2D eigenvalue weighted by Crippen LogP contribution is -2.53. The van der Waals surface area contributed by atoms with Gasteiger partial charge >= 0.3 is 0 Å². The summed E-state index contributed by atoms with van der Waals surface area (Å²) in [5, 5.41) is 4.64. The maximum absolute atomic E-state index is 6.57. The Morgan fingerprint density at radius 3 is 2.86 bits per heavy atom. The Kier molecular flexibility index (Phi) is 5.44. The molecule has 4 nitrogen and oxygen atoms in total. The standard InChI is InChI=1S/C17H31N3O/c1-5-21-17(9-6-7-14(4)12-17)16(18)11-15-8-10-20(19-15)13(2)3/h8,10,13-14,16H,5-7,9,11-12,18H2,1-4H3. The van der Waals surface area contributed by atoms with E-state index in [1.54, 1.807) is 0 Å². The van der Waals surface area contributed by atoms with Crippen LogP contribution in [0.15, 0.2) is 12.3 Å². The van der Waals surface area contributed by atoms with Crippen LogP contribution >= 0.6 is 0 Å². The first-order chi connectivity index (χ1) is 9.97. The van der Waals surface area contributed by atoms with Gasteiger partial charge in [0.05, 0.1) is 11.3 Å². The number of hydrogen-bond acceptors (Lipinski definition) is 3. The monoisotopic (exact) mass is 293 g/mol. The van der Waals surface area contributed by atoms with Crippen molar-refractivity contribution in [1.82, 2.24) is 9.78 Å². The zero-order valence-electron chi connectivity index (χ0n) is 14.0. The molecule has 1 saturated carbocycles. The van der Waals surface area contributed by atoms with Gasteiger partial charge in [0.15, 0.2) is 0 Å². The Balaban J connectivity index is 2.08. The predicted molar refractivity (Wildman–Crippen MR) is 86.3 cm³/mol. The fourth-order valence-electron chi connectivity index (χ4n) is 3.59. The van der Waals surface area contributed by atoms with Gasteiger partial charge in [0.25, 0.3) is 0 Å². The molecule has 0 aromatic carbocycles. The molecule has 4 heteroatoms. The van der Waals surface area contributed by atoms with Crippen LogP contribution in [0.4, 0.5) is 0 Å². The number of hydrogen-bond donors (Lipinski definition) is 1. The summed E-state index contributed by atoms with van der Waals surface area (Å²) < 4.78 is 8.17. The van der Waals surface area contributed by atoms with Crippen LogP contribution in [0.1, 0.15) is 65.1 Å². The van der Waals surface area contributed by atoms with E-state index in [9.17, 15) is 0 Å². The maximum atomic E-state index is 6.57. The van der Waals surface area contributed by atoms with Gasteiger partial charge in [-0.3, -0.25) is 4.68 Å². The van der Waals surface area contributed by atoms with Gasteiger partial charge in [-0.05, 0) is 45.6 Å². The Bertz CT molecular complexity index is 439. The molecule has 0 saturated heterocycles. The minimum absolute atomic E-state index is 0.0238. The highest BCUT2D eigenvalue weighted by atomic mass is 16.5. The van der Waals surface area contributed by atoms with Gasteiger partial charge in [-0.2, -0.15) is 5.10 Å². The van der Waals surface area contributed by atoms with E-state index in [-0.39, 0.29) is 11.6 Å². The van der Waals surface area contributed by atoms with Gasteiger partial charge in [0, 0.05) is 31.3 Å². The molecule has 1 fully saturated rings. The van der Waals surface area contributed by atoms with Gasteiger partial charge in [-0.25, -0.2) is 0 Å². The second-order valence-electron chi connectivity index (χ2n) is 6.89. The van der Waals surface area contributed by atoms with Crippen LogP contribution in [-0.4, -0.2) is 28.0 Å². The number of aromatic nitrogens is 2. The quantitative estimate of drug-likeness (QED) is 0.875. The van der Waals surface area contributed by atoms with Crippen molar-refractivity contribution in [3.63, 3.8) is 0 Å². The lowest BCUT2D eigenvalue weighted by molar-refractivity contribution is -0.0926. The molecule has 21 heavy (non-hydrogen) atoms. The van der Waals surface area contributed by atoms with E-state index in [1.165, 1.54) is 12.8 Å². The number of nitrogens with two attached hydrogens (primary N) is 1. The van der Waals surface area contributed by atoms with Crippen LogP contribution in [0.25, 0.3) is 0 Å². The van der Waals surface area contributed by atoms with Crippen LogP contribution in [-0.2, 0) is 11.2 Å². The van der Waals surface area contributed by atoms with Crippen molar-refractivity contribution in [3.8, 4) is 0 Å². The number of ether oxygens (including phenoxy) is 1. The van der Waals surface area contributed by atoms with E-state index < -0.39 is 0 Å². The molecule has 0 spiro atoms. The average Bonchev–Trinajstić information content (AvgIpc) is 2.87. The van der Waals surface area contributed by atoms with Crippen LogP contribution < -0.4 is 5.73 Å². The minimum atomic E-state index is -0.159. The van der Waals surface area contributed by atoms with Crippen LogP contribution in [0.5, 0.6) is 0 Å². The highest BCUT2D eigenvalue weighted by Crippen LogP contribution is 2.37. The molecular weight excluding hydrogens is 262 g/mol. The van der Waals surface area contributed by atoms with Crippen molar-refractivity contribution in [2.24, 2.45) is 11.7 Å². The third-order valence-corrected chi connectivity index (χ3v) is 4.72. The molecule has 0 radical (unpaired) electrons. The molecule has 2 rings (SSSR count). The van der Waals surface area contributed by atoms with E-state index in [2.05, 4.69) is 38.9 Å².